The summed E-state index contributed by atoms with van der Waals surface area (Å²) < 4.78 is 0. The van der Waals surface area contributed by atoms with Crippen LogP contribution in [-0.4, -0.2) is 79.1 Å². The van der Waals surface area contributed by atoms with Crippen molar-refractivity contribution >= 4 is 58.7 Å². The number of hydrogen-bond donors (Lipinski definition) is 0. The Labute approximate surface area is 230 Å². The zero-order chi connectivity index (χ0) is 28.4. The van der Waals surface area contributed by atoms with Crippen molar-refractivity contribution in [2.45, 2.75) is 108 Å². The highest BCUT2D eigenvalue weighted by molar-refractivity contribution is 8.01. The number of carbonyl (C=O) groups is 6. The lowest BCUT2D eigenvalue weighted by Gasteiger charge is -2.15. The first-order chi connectivity index (χ1) is 17.1. The van der Waals surface area contributed by atoms with Crippen LogP contribution >= 0.6 is 23.5 Å². The van der Waals surface area contributed by atoms with Crippen molar-refractivity contribution in [3.8, 4) is 0 Å². The van der Waals surface area contributed by atoms with Crippen LogP contribution in [-0.2, 0) is 28.8 Å². The van der Waals surface area contributed by atoms with E-state index in [1.165, 1.54) is 21.6 Å². The van der Waals surface area contributed by atoms with Gasteiger partial charge >= 0.3 is 0 Å². The van der Waals surface area contributed by atoms with Crippen molar-refractivity contribution in [1.82, 2.24) is 9.80 Å². The Hall–Kier alpha value is -1.68. The average Bonchev–Trinajstić information content (AvgIpc) is 3.19. The summed E-state index contributed by atoms with van der Waals surface area (Å²) in [4.78, 5) is 73.2. The fourth-order valence-corrected chi connectivity index (χ4v) is 6.13. The quantitative estimate of drug-likeness (QED) is 0.312. The Morgan fingerprint density at radius 1 is 0.676 bits per heavy atom. The van der Waals surface area contributed by atoms with Crippen molar-refractivity contribution in [3.63, 3.8) is 0 Å². The van der Waals surface area contributed by atoms with Crippen molar-refractivity contribution in [1.29, 1.82) is 0 Å². The first-order valence-electron chi connectivity index (χ1n) is 13.2. The van der Waals surface area contributed by atoms with Gasteiger partial charge in [0.1, 0.15) is 11.6 Å². The predicted octanol–water partition coefficient (Wildman–Crippen LogP) is 4.13. The third-order valence-corrected chi connectivity index (χ3v) is 8.43. The normalized spacial score (nSPS) is 20.1. The zero-order valence-corrected chi connectivity index (χ0v) is 25.2. The Bertz CT molecular complexity index is 856. The van der Waals surface area contributed by atoms with Crippen LogP contribution in [0.3, 0.4) is 0 Å². The molecule has 4 amide bonds. The van der Waals surface area contributed by atoms with Crippen LogP contribution in [0.25, 0.3) is 0 Å². The van der Waals surface area contributed by atoms with E-state index in [1.807, 2.05) is 55.4 Å². The highest BCUT2D eigenvalue weighted by Gasteiger charge is 2.40. The number of hydrogen-bond acceptors (Lipinski definition) is 8. The van der Waals surface area contributed by atoms with Crippen LogP contribution in [0.2, 0.25) is 0 Å². The maximum Gasteiger partial charge on any atom is 0.242 e. The Balaban J connectivity index is 0.000000371. The average molecular weight is 557 g/mol. The second kappa shape index (κ2) is 15.7. The number of rotatable bonds is 13. The molecule has 2 heterocycles. The molecule has 2 saturated heterocycles. The highest BCUT2D eigenvalue weighted by atomic mass is 32.2. The van der Waals surface area contributed by atoms with Crippen molar-refractivity contribution < 1.29 is 28.8 Å². The monoisotopic (exact) mass is 556 g/mol. The minimum absolute atomic E-state index is 0.0224. The van der Waals surface area contributed by atoms with E-state index in [0.29, 0.717) is 36.3 Å². The molecule has 0 N–H and O–H groups in total. The molecular weight excluding hydrogens is 512 g/mol. The first kappa shape index (κ1) is 33.3. The summed E-state index contributed by atoms with van der Waals surface area (Å²) in [5.41, 5.74) is 0. The summed E-state index contributed by atoms with van der Waals surface area (Å²) in [7, 11) is 0. The van der Waals surface area contributed by atoms with Crippen molar-refractivity contribution in [2.75, 3.05) is 13.1 Å². The van der Waals surface area contributed by atoms with Gasteiger partial charge in [-0.15, -0.1) is 23.5 Å². The Morgan fingerprint density at radius 2 is 1.05 bits per heavy atom. The lowest BCUT2D eigenvalue weighted by molar-refractivity contribution is -0.140. The molecule has 8 nitrogen and oxygen atoms in total. The summed E-state index contributed by atoms with van der Waals surface area (Å²) in [6.45, 7) is 16.1. The summed E-state index contributed by atoms with van der Waals surface area (Å²) >= 11 is 3.06. The molecule has 2 fully saturated rings. The Morgan fingerprint density at radius 3 is 1.43 bits per heavy atom. The molecule has 0 spiro atoms. The minimum Gasteiger partial charge on any atom is -0.299 e. The van der Waals surface area contributed by atoms with Gasteiger partial charge < -0.3 is 0 Å². The summed E-state index contributed by atoms with van der Waals surface area (Å²) in [6, 6.07) is 0. The van der Waals surface area contributed by atoms with Crippen LogP contribution in [0.4, 0.5) is 0 Å². The van der Waals surface area contributed by atoms with Crippen LogP contribution < -0.4 is 0 Å². The fourth-order valence-electron chi connectivity index (χ4n) is 3.86. The minimum atomic E-state index is -0.258. The molecule has 0 aromatic rings. The van der Waals surface area contributed by atoms with E-state index in [2.05, 4.69) is 0 Å². The lowest BCUT2D eigenvalue weighted by atomic mass is 10.0. The molecule has 2 atom stereocenters. The van der Waals surface area contributed by atoms with Gasteiger partial charge in [0.05, 0.1) is 10.5 Å². The van der Waals surface area contributed by atoms with Gasteiger partial charge in [0, 0.05) is 50.6 Å². The first-order valence-corrected chi connectivity index (χ1v) is 15.1. The van der Waals surface area contributed by atoms with E-state index in [-0.39, 0.29) is 76.9 Å². The second-order valence-electron chi connectivity index (χ2n) is 10.6. The van der Waals surface area contributed by atoms with Crippen molar-refractivity contribution in [3.05, 3.63) is 0 Å². The van der Waals surface area contributed by atoms with E-state index in [4.69, 9.17) is 0 Å². The van der Waals surface area contributed by atoms with E-state index in [1.54, 1.807) is 11.8 Å². The van der Waals surface area contributed by atoms with Gasteiger partial charge in [-0.2, -0.15) is 0 Å². The number of thioether (sulfide) groups is 2. The van der Waals surface area contributed by atoms with Crippen LogP contribution in [0, 0.1) is 11.8 Å². The number of likely N-dealkylation sites (tertiary alicyclic amines) is 2. The molecule has 2 aliphatic heterocycles. The largest absolute Gasteiger partial charge is 0.299 e. The molecule has 10 heteroatoms. The fraction of sp³-hybridized carbons (Fsp3) is 0.778. The summed E-state index contributed by atoms with van der Waals surface area (Å²) in [5, 5.41) is 0.174. The van der Waals surface area contributed by atoms with Crippen LogP contribution in [0.15, 0.2) is 0 Å². The molecule has 0 aromatic carbocycles. The van der Waals surface area contributed by atoms with Gasteiger partial charge in [-0.3, -0.25) is 38.6 Å². The number of imide groups is 2. The molecule has 0 bridgehead atoms. The van der Waals surface area contributed by atoms with E-state index in [0.717, 1.165) is 0 Å². The maximum absolute atomic E-state index is 12.1. The van der Waals surface area contributed by atoms with Gasteiger partial charge in [0.2, 0.25) is 23.6 Å². The molecule has 37 heavy (non-hydrogen) atoms. The molecule has 0 aromatic heterocycles. The summed E-state index contributed by atoms with van der Waals surface area (Å²) in [6.07, 6.45) is 1.87. The number of Topliss-reactive ketones (excluding diaryl/α,β-unsaturated/α-hetero) is 2. The molecule has 0 aliphatic carbocycles. The standard InChI is InChI=1S/C14H23NO3S.C13H21NO3S/c1-9(2)11(16)6-5-7-15-13(17)8-12(14(15)18)19-10(3)4;1-8(2)10(15)5-6-14-12(16)7-11(13(14)17)18-9(3)4/h9-10,12H,5-8H2,1-4H3;8-9,11H,5-7H2,1-4H3. The van der Waals surface area contributed by atoms with Gasteiger partial charge in [-0.05, 0) is 16.9 Å². The number of nitrogens with zero attached hydrogens (tertiary/aromatic N) is 2. The SMILES string of the molecule is CC(C)SC1CC(=O)N(CCC(=O)C(C)C)C1=O.CC(C)SC1CC(=O)N(CCCC(=O)C(C)C)C1=O. The number of carbonyl (C=O) groups excluding carboxylic acids is 6. The number of ketones is 2. The second-order valence-corrected chi connectivity index (χ2v) is 14.2. The highest BCUT2D eigenvalue weighted by Crippen LogP contribution is 2.29. The molecule has 0 radical (unpaired) electrons. The van der Waals surface area contributed by atoms with Gasteiger partial charge in [-0.1, -0.05) is 55.4 Å². The van der Waals surface area contributed by atoms with E-state index in [9.17, 15) is 28.8 Å². The molecule has 0 saturated carbocycles. The van der Waals surface area contributed by atoms with Crippen LogP contribution in [0.5, 0.6) is 0 Å². The van der Waals surface area contributed by atoms with Gasteiger partial charge in [0.25, 0.3) is 0 Å². The molecule has 2 rings (SSSR count). The van der Waals surface area contributed by atoms with Gasteiger partial charge in [0.15, 0.2) is 0 Å². The molecular formula is C27H44N2O6S2. The zero-order valence-electron chi connectivity index (χ0n) is 23.6. The molecule has 2 unspecified atom stereocenters. The third kappa shape index (κ3) is 10.9. The Kier molecular flexibility index (Phi) is 14.1. The van der Waals surface area contributed by atoms with Crippen LogP contribution in [0.1, 0.15) is 87.5 Å². The maximum atomic E-state index is 12.1. The molecule has 2 aliphatic rings. The van der Waals surface area contributed by atoms with Crippen molar-refractivity contribution in [2.24, 2.45) is 11.8 Å². The summed E-state index contributed by atoms with van der Waals surface area (Å²) in [5.74, 6) is -0.193. The van der Waals surface area contributed by atoms with Gasteiger partial charge in [-0.25, -0.2) is 0 Å². The lowest BCUT2D eigenvalue weighted by Crippen LogP contribution is -2.34. The predicted molar refractivity (Wildman–Crippen MR) is 149 cm³/mol. The number of amides is 4. The third-order valence-electron chi connectivity index (χ3n) is 5.95. The van der Waals surface area contributed by atoms with E-state index >= 15 is 0 Å². The van der Waals surface area contributed by atoms with E-state index < -0.39 is 0 Å². The topological polar surface area (TPSA) is 109 Å². The smallest absolute Gasteiger partial charge is 0.242 e. The molecule has 210 valence electrons.